The highest BCUT2D eigenvalue weighted by atomic mass is 32.1. The Morgan fingerprint density at radius 1 is 1.15 bits per heavy atom. The molecule has 0 saturated carbocycles. The molecule has 0 N–H and O–H groups in total. The van der Waals surface area contributed by atoms with Crippen LogP contribution in [0.4, 0.5) is 5.69 Å². The van der Waals surface area contributed by atoms with Crippen molar-refractivity contribution in [3.63, 3.8) is 0 Å². The van der Waals surface area contributed by atoms with E-state index in [0.29, 0.717) is 44.8 Å². The first-order valence-electron chi connectivity index (χ1n) is 10.1. The van der Waals surface area contributed by atoms with Crippen LogP contribution in [0.15, 0.2) is 82.5 Å². The van der Waals surface area contributed by atoms with Crippen LogP contribution < -0.4 is 14.8 Å². The normalized spacial score (nSPS) is 11.7. The summed E-state index contributed by atoms with van der Waals surface area (Å²) in [4.78, 5) is 28.3. The smallest absolute Gasteiger partial charge is 0.291 e. The lowest BCUT2D eigenvalue weighted by atomic mass is 10.1. The number of rotatable bonds is 7. The molecule has 0 aliphatic heterocycles. The number of benzene rings is 2. The molecular weight excluding hydrogens is 456 g/mol. The van der Waals surface area contributed by atoms with Crippen molar-refractivity contribution in [3.8, 4) is 28.5 Å². The van der Waals surface area contributed by atoms with E-state index in [1.165, 1.54) is 28.0 Å². The Kier molecular flexibility index (Phi) is 5.48. The van der Waals surface area contributed by atoms with Crippen molar-refractivity contribution in [1.82, 2.24) is 14.6 Å². The summed E-state index contributed by atoms with van der Waals surface area (Å²) in [6.45, 7) is 4.03. The molecule has 0 fully saturated rings. The van der Waals surface area contributed by atoms with Gasteiger partial charge in [-0.2, -0.15) is 9.50 Å². The van der Waals surface area contributed by atoms with Crippen LogP contribution in [-0.2, 0) is 0 Å². The van der Waals surface area contributed by atoms with Crippen LogP contribution in [0.5, 0.6) is 5.75 Å². The van der Waals surface area contributed by atoms with E-state index >= 15 is 0 Å². The molecule has 0 atom stereocenters. The molecule has 34 heavy (non-hydrogen) atoms. The third-order valence-electron chi connectivity index (χ3n) is 4.90. The highest BCUT2D eigenvalue weighted by Gasteiger charge is 2.13. The second-order valence-electron chi connectivity index (χ2n) is 7.18. The molecule has 5 rings (SSSR count). The Balaban J connectivity index is 1.43. The quantitative estimate of drug-likeness (QED) is 0.199. The number of nitro benzene ring substituents is 1. The summed E-state index contributed by atoms with van der Waals surface area (Å²) in [5.41, 5.74) is 1.00. The van der Waals surface area contributed by atoms with Gasteiger partial charge in [0.2, 0.25) is 4.96 Å². The second kappa shape index (κ2) is 8.75. The molecule has 168 valence electrons. The topological polar surface area (TPSA) is 113 Å². The first-order valence-corrected chi connectivity index (χ1v) is 10.9. The molecule has 0 bridgehead atoms. The average molecular weight is 472 g/mol. The van der Waals surface area contributed by atoms with Gasteiger partial charge in [-0.3, -0.25) is 14.9 Å². The fourth-order valence-corrected chi connectivity index (χ4v) is 4.19. The van der Waals surface area contributed by atoms with Crippen molar-refractivity contribution in [3.05, 3.63) is 104 Å². The number of fused-ring (bicyclic) bond motifs is 1. The Morgan fingerprint density at radius 3 is 2.71 bits per heavy atom. The third-order valence-corrected chi connectivity index (χ3v) is 5.86. The van der Waals surface area contributed by atoms with Crippen molar-refractivity contribution in [2.24, 2.45) is 0 Å². The van der Waals surface area contributed by atoms with Gasteiger partial charge < -0.3 is 9.15 Å². The maximum atomic E-state index is 12.8. The van der Waals surface area contributed by atoms with Crippen LogP contribution in [-0.4, -0.2) is 26.1 Å². The molecule has 0 radical (unpaired) electrons. The summed E-state index contributed by atoms with van der Waals surface area (Å²) in [6, 6.07) is 16.8. The van der Waals surface area contributed by atoms with Crippen molar-refractivity contribution in [1.29, 1.82) is 0 Å². The number of furan rings is 1. The Labute approximate surface area is 196 Å². The molecule has 9 nitrogen and oxygen atoms in total. The standard InChI is InChI=1S/C24H16N4O5S/c1-2-12-32-18-8-6-15(7-9-18)22-25-24-27(26-22)23(29)21(34-24)14-19-10-11-20(33-19)16-4-3-5-17(13-16)28(30)31/h2-11,13-14H,1,12H2/b21-14+. The lowest BCUT2D eigenvalue weighted by molar-refractivity contribution is -0.384. The second-order valence-corrected chi connectivity index (χ2v) is 8.19. The number of hydrogen-bond donors (Lipinski definition) is 0. The van der Waals surface area contributed by atoms with Crippen LogP contribution in [0, 0.1) is 10.1 Å². The summed E-state index contributed by atoms with van der Waals surface area (Å²) in [6.07, 6.45) is 3.27. The molecule has 3 aromatic heterocycles. The number of aromatic nitrogens is 3. The van der Waals surface area contributed by atoms with Gasteiger partial charge in [-0.25, -0.2) is 0 Å². The molecule has 0 amide bonds. The van der Waals surface area contributed by atoms with Gasteiger partial charge in [-0.05, 0) is 36.4 Å². The fraction of sp³-hybridized carbons (Fsp3) is 0.0417. The van der Waals surface area contributed by atoms with Gasteiger partial charge in [0.15, 0.2) is 5.82 Å². The number of thiazole rings is 1. The Morgan fingerprint density at radius 2 is 1.97 bits per heavy atom. The monoisotopic (exact) mass is 472 g/mol. The maximum Gasteiger partial charge on any atom is 0.291 e. The summed E-state index contributed by atoms with van der Waals surface area (Å²) in [5, 5.41) is 15.4. The Bertz CT molecular complexity index is 1630. The lowest BCUT2D eigenvalue weighted by Gasteiger charge is -2.02. The maximum absolute atomic E-state index is 12.8. The third kappa shape index (κ3) is 4.09. The van der Waals surface area contributed by atoms with E-state index < -0.39 is 4.92 Å². The van der Waals surface area contributed by atoms with Crippen LogP contribution in [0.2, 0.25) is 0 Å². The minimum absolute atomic E-state index is 0.0263. The van der Waals surface area contributed by atoms with E-state index in [-0.39, 0.29) is 11.2 Å². The minimum atomic E-state index is -0.461. The van der Waals surface area contributed by atoms with Gasteiger partial charge in [0, 0.05) is 29.3 Å². The summed E-state index contributed by atoms with van der Waals surface area (Å²) in [5.74, 6) is 2.05. The fourth-order valence-electron chi connectivity index (χ4n) is 3.30. The van der Waals surface area contributed by atoms with E-state index in [2.05, 4.69) is 16.7 Å². The van der Waals surface area contributed by atoms with Crippen LogP contribution in [0.25, 0.3) is 33.7 Å². The zero-order valence-electron chi connectivity index (χ0n) is 17.6. The molecule has 0 saturated heterocycles. The van der Waals surface area contributed by atoms with E-state index in [0.717, 1.165) is 5.56 Å². The average Bonchev–Trinajstić information content (AvgIpc) is 3.56. The lowest BCUT2D eigenvalue weighted by Crippen LogP contribution is -2.23. The SMILES string of the molecule is C=CCOc1ccc(-c2nc3s/c(=C/c4ccc(-c5cccc([N+](=O)[O-])c5)o4)c(=O)n3n2)cc1. The zero-order valence-corrected chi connectivity index (χ0v) is 18.4. The summed E-state index contributed by atoms with van der Waals surface area (Å²) >= 11 is 1.20. The first kappa shape index (κ1) is 21.3. The number of nitro groups is 1. The summed E-state index contributed by atoms with van der Waals surface area (Å²) < 4.78 is 12.9. The van der Waals surface area contributed by atoms with Gasteiger partial charge in [0.05, 0.1) is 4.92 Å². The molecule has 0 spiro atoms. The zero-order chi connectivity index (χ0) is 23.7. The van der Waals surface area contributed by atoms with Crippen molar-refractivity contribution >= 4 is 28.1 Å². The van der Waals surface area contributed by atoms with Gasteiger partial charge in [0.25, 0.3) is 11.2 Å². The minimum Gasteiger partial charge on any atom is -0.490 e. The van der Waals surface area contributed by atoms with Crippen molar-refractivity contribution in [2.45, 2.75) is 0 Å². The van der Waals surface area contributed by atoms with E-state index in [4.69, 9.17) is 9.15 Å². The van der Waals surface area contributed by atoms with Crippen molar-refractivity contribution < 1.29 is 14.1 Å². The largest absolute Gasteiger partial charge is 0.490 e. The van der Waals surface area contributed by atoms with Crippen LogP contribution in [0.3, 0.4) is 0 Å². The van der Waals surface area contributed by atoms with Crippen LogP contribution in [0.1, 0.15) is 5.76 Å². The number of hydrogen-bond acceptors (Lipinski definition) is 8. The Hall–Kier alpha value is -4.57. The number of nitrogens with zero attached hydrogens (tertiary/aromatic N) is 4. The van der Waals surface area contributed by atoms with Gasteiger partial charge in [-0.15, -0.1) is 5.10 Å². The highest BCUT2D eigenvalue weighted by molar-refractivity contribution is 7.15. The molecule has 5 aromatic rings. The van der Waals surface area contributed by atoms with E-state index in [1.807, 2.05) is 12.1 Å². The molecule has 0 unspecified atom stereocenters. The summed E-state index contributed by atoms with van der Waals surface area (Å²) in [7, 11) is 0. The van der Waals surface area contributed by atoms with Crippen LogP contribution >= 0.6 is 11.3 Å². The molecular formula is C24H16N4O5S. The molecule has 0 aliphatic carbocycles. The van der Waals surface area contributed by atoms with Gasteiger partial charge in [0.1, 0.15) is 28.4 Å². The number of non-ortho nitro benzene ring substituents is 1. The van der Waals surface area contributed by atoms with Gasteiger partial charge >= 0.3 is 0 Å². The molecule has 2 aromatic carbocycles. The predicted molar refractivity (Wildman–Crippen MR) is 128 cm³/mol. The van der Waals surface area contributed by atoms with Gasteiger partial charge in [-0.1, -0.05) is 36.1 Å². The van der Waals surface area contributed by atoms with E-state index in [9.17, 15) is 14.9 Å². The van der Waals surface area contributed by atoms with E-state index in [1.54, 1.807) is 48.6 Å². The molecule has 3 heterocycles. The predicted octanol–water partition coefficient (Wildman–Crippen LogP) is 4.10. The van der Waals surface area contributed by atoms with Crippen molar-refractivity contribution in [2.75, 3.05) is 6.61 Å². The molecule has 10 heteroatoms. The first-order chi connectivity index (χ1) is 16.5. The number of ether oxygens (including phenoxy) is 1. The molecule has 0 aliphatic rings. The highest BCUT2D eigenvalue weighted by Crippen LogP contribution is 2.26.